The van der Waals surface area contributed by atoms with E-state index < -0.39 is 8.07 Å². The van der Waals surface area contributed by atoms with E-state index in [0.29, 0.717) is 11.8 Å². The maximum Gasteiger partial charge on any atom is 0.212 e. The molecule has 1 aliphatic carbocycles. The van der Waals surface area contributed by atoms with Crippen molar-refractivity contribution < 1.29 is 4.57 Å². The maximum atomic E-state index is 2.57. The van der Waals surface area contributed by atoms with Crippen LogP contribution in [0.4, 0.5) is 0 Å². The number of hydrogen-bond donors (Lipinski definition) is 0. The van der Waals surface area contributed by atoms with Crippen LogP contribution in [0.5, 0.6) is 0 Å². The zero-order valence-corrected chi connectivity index (χ0v) is 29.6. The largest absolute Gasteiger partial charge is 0.212 e. The van der Waals surface area contributed by atoms with Crippen LogP contribution < -0.4 is 9.75 Å². The highest BCUT2D eigenvalue weighted by atomic mass is 28.3. The molecule has 1 fully saturated rings. The Balaban J connectivity index is 1.58. The van der Waals surface area contributed by atoms with Crippen LogP contribution in [0.1, 0.15) is 105 Å². The Kier molecular flexibility index (Phi) is 9.19. The SMILES string of the molecule is Cc1cc(-c2ccc([Si](C)(C)C)cc2)cc(-c2ccc(-c3c(C(C)C)cc(C4CCCCC4)cc3C(C)C)c[n+]2C)c1C. The molecule has 0 N–H and O–H groups in total. The van der Waals surface area contributed by atoms with Crippen LogP contribution in [0.3, 0.4) is 0 Å². The van der Waals surface area contributed by atoms with Crippen molar-refractivity contribution in [3.63, 3.8) is 0 Å². The molecule has 0 unspecified atom stereocenters. The molecule has 1 saturated carbocycles. The zero-order chi connectivity index (χ0) is 31.1. The van der Waals surface area contributed by atoms with Gasteiger partial charge in [-0.1, -0.05) is 114 Å². The average Bonchev–Trinajstić information content (AvgIpc) is 2.98. The normalized spacial score (nSPS) is 14.6. The van der Waals surface area contributed by atoms with E-state index in [2.05, 4.69) is 140 Å². The Morgan fingerprint density at radius 1 is 0.698 bits per heavy atom. The first kappa shape index (κ1) is 31.5. The summed E-state index contributed by atoms with van der Waals surface area (Å²) < 4.78 is 2.36. The van der Waals surface area contributed by atoms with E-state index in [-0.39, 0.29) is 0 Å². The molecule has 1 nitrogen and oxygen atoms in total. The van der Waals surface area contributed by atoms with Crippen LogP contribution in [0.15, 0.2) is 66.9 Å². The predicted octanol–water partition coefficient (Wildman–Crippen LogP) is 11.0. The lowest BCUT2D eigenvalue weighted by Crippen LogP contribution is -2.37. The quantitative estimate of drug-likeness (QED) is 0.149. The summed E-state index contributed by atoms with van der Waals surface area (Å²) in [6.07, 6.45) is 9.23. The summed E-state index contributed by atoms with van der Waals surface area (Å²) in [5.41, 5.74) is 15.3. The Hall–Kier alpha value is -2.97. The lowest BCUT2D eigenvalue weighted by molar-refractivity contribution is -0.659. The van der Waals surface area contributed by atoms with E-state index in [9.17, 15) is 0 Å². The summed E-state index contributed by atoms with van der Waals surface area (Å²) in [5, 5.41) is 1.51. The molecule has 1 aromatic heterocycles. The van der Waals surface area contributed by atoms with Crippen LogP contribution in [0.2, 0.25) is 19.6 Å². The van der Waals surface area contributed by atoms with Crippen molar-refractivity contribution in [2.45, 2.75) is 111 Å². The smallest absolute Gasteiger partial charge is 0.200 e. The maximum absolute atomic E-state index is 2.57. The third kappa shape index (κ3) is 6.60. The van der Waals surface area contributed by atoms with E-state index in [1.54, 1.807) is 5.56 Å². The van der Waals surface area contributed by atoms with Gasteiger partial charge in [0.1, 0.15) is 7.05 Å². The molecule has 5 rings (SSSR count). The third-order valence-corrected chi connectivity index (χ3v) is 12.1. The molecule has 0 saturated heterocycles. The Bertz CT molecular complexity index is 1570. The van der Waals surface area contributed by atoms with Crippen LogP contribution in [0, 0.1) is 13.8 Å². The van der Waals surface area contributed by atoms with Gasteiger partial charge in [0.2, 0.25) is 5.69 Å². The minimum atomic E-state index is -1.32. The van der Waals surface area contributed by atoms with Crippen molar-refractivity contribution >= 4 is 13.3 Å². The lowest BCUT2D eigenvalue weighted by atomic mass is 9.78. The fourth-order valence-electron chi connectivity index (χ4n) is 7.12. The third-order valence-electron chi connectivity index (χ3n) is 9.99. The van der Waals surface area contributed by atoms with Crippen LogP contribution >= 0.6 is 0 Å². The summed E-state index contributed by atoms with van der Waals surface area (Å²) in [5.74, 6) is 1.69. The van der Waals surface area contributed by atoms with Gasteiger partial charge in [-0.3, -0.25) is 0 Å². The molecule has 1 aliphatic rings. The molecular formula is C41H54NSi+. The second-order valence-corrected chi connectivity index (χ2v) is 20.0. The fraction of sp³-hybridized carbons (Fsp3) is 0.439. The van der Waals surface area contributed by atoms with Crippen molar-refractivity contribution in [3.8, 4) is 33.5 Å². The van der Waals surface area contributed by atoms with Gasteiger partial charge in [0.25, 0.3) is 0 Å². The Labute approximate surface area is 263 Å². The highest BCUT2D eigenvalue weighted by Gasteiger charge is 2.25. The summed E-state index contributed by atoms with van der Waals surface area (Å²) in [6, 6.07) is 24.0. The molecule has 0 spiro atoms. The Morgan fingerprint density at radius 2 is 1.28 bits per heavy atom. The van der Waals surface area contributed by atoms with E-state index in [4.69, 9.17) is 0 Å². The summed E-state index contributed by atoms with van der Waals surface area (Å²) in [6.45, 7) is 21.3. The van der Waals surface area contributed by atoms with Crippen molar-refractivity contribution in [3.05, 3.63) is 94.7 Å². The molecule has 226 valence electrons. The second-order valence-electron chi connectivity index (χ2n) is 14.9. The molecule has 0 radical (unpaired) electrons. The molecule has 0 aliphatic heterocycles. The lowest BCUT2D eigenvalue weighted by Gasteiger charge is -2.27. The van der Waals surface area contributed by atoms with Crippen LogP contribution in [0.25, 0.3) is 33.5 Å². The number of rotatable bonds is 7. The highest BCUT2D eigenvalue weighted by molar-refractivity contribution is 6.88. The average molecular weight is 589 g/mol. The van der Waals surface area contributed by atoms with Crippen molar-refractivity contribution in [1.29, 1.82) is 0 Å². The molecular weight excluding hydrogens is 535 g/mol. The van der Waals surface area contributed by atoms with Gasteiger partial charge in [-0.15, -0.1) is 0 Å². The van der Waals surface area contributed by atoms with Gasteiger partial charge in [0.05, 0.1) is 8.07 Å². The number of aromatic nitrogens is 1. The predicted molar refractivity (Wildman–Crippen MR) is 190 cm³/mol. The number of pyridine rings is 1. The second kappa shape index (κ2) is 12.6. The number of benzene rings is 3. The van der Waals surface area contributed by atoms with Gasteiger partial charge in [-0.25, -0.2) is 4.57 Å². The molecule has 0 bridgehead atoms. The molecule has 0 atom stereocenters. The number of nitrogens with zero attached hydrogens (tertiary/aromatic N) is 1. The van der Waals surface area contributed by atoms with Gasteiger partial charge in [0.15, 0.2) is 6.20 Å². The molecule has 2 heteroatoms. The highest BCUT2D eigenvalue weighted by Crippen LogP contribution is 2.42. The van der Waals surface area contributed by atoms with Crippen molar-refractivity contribution in [2.24, 2.45) is 7.05 Å². The van der Waals surface area contributed by atoms with E-state index in [1.165, 1.54) is 93.1 Å². The molecule has 43 heavy (non-hydrogen) atoms. The number of aryl methyl sites for hydroxylation is 2. The van der Waals surface area contributed by atoms with E-state index >= 15 is 0 Å². The number of hydrogen-bond acceptors (Lipinski definition) is 0. The van der Waals surface area contributed by atoms with Crippen LogP contribution in [-0.2, 0) is 7.05 Å². The molecule has 3 aromatic carbocycles. The van der Waals surface area contributed by atoms with E-state index in [0.717, 1.165) is 5.92 Å². The first-order valence-electron chi connectivity index (χ1n) is 16.8. The topological polar surface area (TPSA) is 3.88 Å². The molecule has 4 aromatic rings. The zero-order valence-electron chi connectivity index (χ0n) is 28.6. The monoisotopic (exact) mass is 588 g/mol. The fourth-order valence-corrected chi connectivity index (χ4v) is 8.28. The van der Waals surface area contributed by atoms with Crippen molar-refractivity contribution in [1.82, 2.24) is 0 Å². The summed E-state index contributed by atoms with van der Waals surface area (Å²) in [4.78, 5) is 0. The van der Waals surface area contributed by atoms with Gasteiger partial charge >= 0.3 is 0 Å². The minimum Gasteiger partial charge on any atom is -0.200 e. The first-order chi connectivity index (χ1) is 20.3. The van der Waals surface area contributed by atoms with Crippen LogP contribution in [-0.4, -0.2) is 8.07 Å². The standard InChI is InChI=1S/C41H54NSi/c1-27(2)37-23-35(31-14-12-11-13-15-31)24-38(28(3)4)41(37)33-18-21-40(42(7)26-33)39-25-34(22-29(5)30(39)6)32-16-19-36(20-17-32)43(8,9)10/h16-28,31H,11-15H2,1-10H3/q+1. The van der Waals surface area contributed by atoms with Gasteiger partial charge < -0.3 is 0 Å². The van der Waals surface area contributed by atoms with Gasteiger partial charge in [0, 0.05) is 17.2 Å². The molecule has 0 amide bonds. The summed E-state index contributed by atoms with van der Waals surface area (Å²) >= 11 is 0. The van der Waals surface area contributed by atoms with Gasteiger partial charge in [-0.05, 0) is 101 Å². The first-order valence-corrected chi connectivity index (χ1v) is 20.3. The van der Waals surface area contributed by atoms with Gasteiger partial charge in [-0.2, -0.15) is 0 Å². The summed E-state index contributed by atoms with van der Waals surface area (Å²) in [7, 11) is 0.906. The minimum absolute atomic E-state index is 0.481. The van der Waals surface area contributed by atoms with Crippen molar-refractivity contribution in [2.75, 3.05) is 0 Å². The van der Waals surface area contributed by atoms with E-state index in [1.807, 2.05) is 0 Å². The molecule has 1 heterocycles. The Morgan fingerprint density at radius 3 is 1.81 bits per heavy atom.